The van der Waals surface area contributed by atoms with E-state index in [1.54, 1.807) is 11.9 Å². The van der Waals surface area contributed by atoms with Crippen LogP contribution < -0.4 is 0 Å². The summed E-state index contributed by atoms with van der Waals surface area (Å²) in [6, 6.07) is 2.24. The number of hydrogen-bond acceptors (Lipinski definition) is 3. The van der Waals surface area contributed by atoms with Crippen molar-refractivity contribution in [3.8, 4) is 0 Å². The zero-order valence-corrected chi connectivity index (χ0v) is 13.2. The van der Waals surface area contributed by atoms with Gasteiger partial charge in [-0.3, -0.25) is 4.79 Å². The topological polar surface area (TPSA) is 57.7 Å². The average molecular weight is 332 g/mol. The Labute approximate surface area is 128 Å². The van der Waals surface area contributed by atoms with Crippen LogP contribution in [0.2, 0.25) is 0 Å². The highest BCUT2D eigenvalue weighted by atomic mass is 32.2. The summed E-state index contributed by atoms with van der Waals surface area (Å²) < 4.78 is 52.5. The predicted molar refractivity (Wildman–Crippen MR) is 76.6 cm³/mol. The Hall–Kier alpha value is -1.54. The second-order valence-corrected chi connectivity index (χ2v) is 7.31. The van der Waals surface area contributed by atoms with Crippen molar-refractivity contribution in [2.45, 2.75) is 30.7 Å². The zero-order valence-electron chi connectivity index (χ0n) is 12.4. The van der Waals surface area contributed by atoms with Crippen LogP contribution >= 0.6 is 0 Å². The molecule has 0 aliphatic carbocycles. The lowest BCUT2D eigenvalue weighted by atomic mass is 10.1. The van der Waals surface area contributed by atoms with E-state index in [-0.39, 0.29) is 29.9 Å². The van der Waals surface area contributed by atoms with Gasteiger partial charge in [0.2, 0.25) is 15.9 Å². The van der Waals surface area contributed by atoms with Gasteiger partial charge in [-0.1, -0.05) is 0 Å². The summed E-state index contributed by atoms with van der Waals surface area (Å²) in [7, 11) is -2.25. The Bertz CT molecular complexity index is 650. The van der Waals surface area contributed by atoms with Crippen LogP contribution in [0.1, 0.15) is 19.8 Å². The van der Waals surface area contributed by atoms with Crippen molar-refractivity contribution in [2.24, 2.45) is 0 Å². The number of nitrogens with zero attached hydrogens (tertiary/aromatic N) is 2. The molecule has 1 heterocycles. The van der Waals surface area contributed by atoms with E-state index in [1.807, 2.05) is 0 Å². The van der Waals surface area contributed by atoms with Crippen molar-refractivity contribution < 1.29 is 22.0 Å². The largest absolute Gasteiger partial charge is 0.343 e. The van der Waals surface area contributed by atoms with Crippen molar-refractivity contribution in [3.63, 3.8) is 0 Å². The molecular weight excluding hydrogens is 314 g/mol. The van der Waals surface area contributed by atoms with Gasteiger partial charge in [-0.25, -0.2) is 17.2 Å². The fourth-order valence-corrected chi connectivity index (χ4v) is 4.07. The first-order chi connectivity index (χ1) is 10.2. The monoisotopic (exact) mass is 332 g/mol. The van der Waals surface area contributed by atoms with E-state index >= 15 is 0 Å². The minimum atomic E-state index is -3.93. The Balaban J connectivity index is 2.14. The van der Waals surface area contributed by atoms with Crippen LogP contribution in [0.3, 0.4) is 0 Å². The number of amides is 1. The van der Waals surface area contributed by atoms with Crippen LogP contribution in [0.15, 0.2) is 23.1 Å². The van der Waals surface area contributed by atoms with Crippen LogP contribution in [0.25, 0.3) is 0 Å². The van der Waals surface area contributed by atoms with E-state index in [0.717, 1.165) is 12.1 Å². The Morgan fingerprint density at radius 2 is 1.68 bits per heavy atom. The Morgan fingerprint density at radius 3 is 2.14 bits per heavy atom. The van der Waals surface area contributed by atoms with Crippen molar-refractivity contribution in [1.29, 1.82) is 0 Å². The lowest BCUT2D eigenvalue weighted by Gasteiger charge is -2.35. The maximum absolute atomic E-state index is 13.2. The second kappa shape index (κ2) is 6.29. The summed E-state index contributed by atoms with van der Waals surface area (Å²) in [5, 5.41) is 0. The van der Waals surface area contributed by atoms with E-state index in [1.165, 1.54) is 11.2 Å². The van der Waals surface area contributed by atoms with Crippen LogP contribution in [-0.4, -0.2) is 49.7 Å². The highest BCUT2D eigenvalue weighted by Crippen LogP contribution is 2.24. The lowest BCUT2D eigenvalue weighted by molar-refractivity contribution is -0.130. The van der Waals surface area contributed by atoms with Crippen LogP contribution in [0.5, 0.6) is 0 Å². The summed E-state index contributed by atoms with van der Waals surface area (Å²) in [4.78, 5) is 12.5. The van der Waals surface area contributed by atoms with Crippen molar-refractivity contribution >= 4 is 15.9 Å². The lowest BCUT2D eigenvalue weighted by Crippen LogP contribution is -2.46. The molecule has 0 spiro atoms. The molecule has 2 rings (SSSR count). The number of halogens is 2. The molecule has 0 saturated carbocycles. The van der Waals surface area contributed by atoms with Crippen molar-refractivity contribution in [1.82, 2.24) is 9.21 Å². The zero-order chi connectivity index (χ0) is 16.5. The number of benzene rings is 1. The molecule has 1 fully saturated rings. The number of carbonyl (C=O) groups is 1. The summed E-state index contributed by atoms with van der Waals surface area (Å²) >= 11 is 0. The van der Waals surface area contributed by atoms with E-state index in [4.69, 9.17) is 0 Å². The number of rotatable bonds is 3. The molecule has 1 amide bonds. The third-order valence-electron chi connectivity index (χ3n) is 3.94. The number of hydrogen-bond donors (Lipinski definition) is 0. The molecule has 0 radical (unpaired) electrons. The maximum Gasteiger partial charge on any atom is 0.243 e. The molecule has 0 N–H and O–H groups in total. The molecule has 8 heteroatoms. The molecule has 1 saturated heterocycles. The number of piperidine rings is 1. The summed E-state index contributed by atoms with van der Waals surface area (Å²) in [6.07, 6.45) is 0.986. The van der Waals surface area contributed by atoms with E-state index < -0.39 is 21.7 Å². The average Bonchev–Trinajstić information content (AvgIpc) is 2.45. The van der Waals surface area contributed by atoms with E-state index in [2.05, 4.69) is 0 Å². The molecule has 122 valence electrons. The minimum absolute atomic E-state index is 0.0202. The summed E-state index contributed by atoms with van der Waals surface area (Å²) in [5.74, 6) is -1.93. The Kier molecular flexibility index (Phi) is 4.81. The normalized spacial score (nSPS) is 17.5. The maximum atomic E-state index is 13.2. The van der Waals surface area contributed by atoms with Gasteiger partial charge in [-0.15, -0.1) is 0 Å². The molecule has 1 aliphatic heterocycles. The molecule has 1 aliphatic rings. The van der Waals surface area contributed by atoms with Gasteiger partial charge in [-0.2, -0.15) is 4.31 Å². The van der Waals surface area contributed by atoms with Crippen LogP contribution in [0, 0.1) is 11.6 Å². The first-order valence-electron chi connectivity index (χ1n) is 6.91. The van der Waals surface area contributed by atoms with Gasteiger partial charge < -0.3 is 4.90 Å². The van der Waals surface area contributed by atoms with Crippen LogP contribution in [-0.2, 0) is 14.8 Å². The van der Waals surface area contributed by atoms with E-state index in [0.29, 0.717) is 18.9 Å². The van der Waals surface area contributed by atoms with Gasteiger partial charge in [0.25, 0.3) is 0 Å². The number of sulfonamides is 1. The molecule has 0 unspecified atom stereocenters. The standard InChI is InChI=1S/C14H18F2N2O3S/c1-10(19)17(2)13-3-5-18(6-4-13)22(20,21)14-8-11(15)7-12(16)9-14/h7-9,13H,3-6H2,1-2H3. The first-order valence-corrected chi connectivity index (χ1v) is 8.35. The molecule has 1 aromatic rings. The fourth-order valence-electron chi connectivity index (χ4n) is 2.55. The van der Waals surface area contributed by atoms with Gasteiger partial charge >= 0.3 is 0 Å². The van der Waals surface area contributed by atoms with Gasteiger partial charge in [-0.05, 0) is 25.0 Å². The highest BCUT2D eigenvalue weighted by molar-refractivity contribution is 7.89. The van der Waals surface area contributed by atoms with Crippen molar-refractivity contribution in [2.75, 3.05) is 20.1 Å². The molecule has 22 heavy (non-hydrogen) atoms. The molecule has 0 bridgehead atoms. The van der Waals surface area contributed by atoms with Crippen LogP contribution in [0.4, 0.5) is 8.78 Å². The van der Waals surface area contributed by atoms with Gasteiger partial charge in [0.1, 0.15) is 11.6 Å². The summed E-state index contributed by atoms with van der Waals surface area (Å²) in [6.45, 7) is 1.88. The third-order valence-corrected chi connectivity index (χ3v) is 5.82. The molecular formula is C14H18F2N2O3S. The van der Waals surface area contributed by atoms with E-state index in [9.17, 15) is 22.0 Å². The molecule has 5 nitrogen and oxygen atoms in total. The predicted octanol–water partition coefficient (Wildman–Crippen LogP) is 1.60. The quantitative estimate of drug-likeness (QED) is 0.845. The third kappa shape index (κ3) is 3.44. The van der Waals surface area contributed by atoms with Gasteiger partial charge in [0, 0.05) is 39.2 Å². The minimum Gasteiger partial charge on any atom is -0.343 e. The molecule has 0 atom stereocenters. The van der Waals surface area contributed by atoms with Crippen molar-refractivity contribution in [3.05, 3.63) is 29.8 Å². The first kappa shape index (κ1) is 16.8. The molecule has 1 aromatic carbocycles. The SMILES string of the molecule is CC(=O)N(C)C1CCN(S(=O)(=O)c2cc(F)cc(F)c2)CC1. The second-order valence-electron chi connectivity index (χ2n) is 5.37. The number of carbonyl (C=O) groups excluding carboxylic acids is 1. The summed E-state index contributed by atoms with van der Waals surface area (Å²) in [5.41, 5.74) is 0. The smallest absolute Gasteiger partial charge is 0.243 e. The van der Waals surface area contributed by atoms with Gasteiger partial charge in [0.05, 0.1) is 4.90 Å². The van der Waals surface area contributed by atoms with Gasteiger partial charge in [0.15, 0.2) is 0 Å². The highest BCUT2D eigenvalue weighted by Gasteiger charge is 2.31. The molecule has 0 aromatic heterocycles. The fraction of sp³-hybridized carbons (Fsp3) is 0.500. The Morgan fingerprint density at radius 1 is 1.18 bits per heavy atom.